The summed E-state index contributed by atoms with van der Waals surface area (Å²) in [6.45, 7) is 3.37. The zero-order chi connectivity index (χ0) is 20.6. The molecule has 2 heterocycles. The Morgan fingerprint density at radius 2 is 1.86 bits per heavy atom. The summed E-state index contributed by atoms with van der Waals surface area (Å²) >= 11 is 0. The third-order valence-electron chi connectivity index (χ3n) is 5.42. The molecule has 4 rings (SSSR count). The molecule has 0 N–H and O–H groups in total. The highest BCUT2D eigenvalue weighted by Crippen LogP contribution is 2.50. The topological polar surface area (TPSA) is 65.1 Å². The third-order valence-corrected chi connectivity index (χ3v) is 5.42. The monoisotopic (exact) mass is 393 g/mol. The zero-order valence-corrected chi connectivity index (χ0v) is 16.6. The first-order chi connectivity index (χ1) is 14.0. The summed E-state index contributed by atoms with van der Waals surface area (Å²) < 4.78 is 17.1. The molecular formula is C23H23NO5. The molecule has 0 aromatic heterocycles. The van der Waals surface area contributed by atoms with Crippen molar-refractivity contribution < 1.29 is 23.8 Å². The number of carbonyl (C=O) groups is 2. The second-order valence-corrected chi connectivity index (χ2v) is 7.33. The van der Waals surface area contributed by atoms with Crippen LogP contribution in [-0.4, -0.2) is 36.0 Å². The van der Waals surface area contributed by atoms with Crippen molar-refractivity contribution in [1.29, 1.82) is 0 Å². The summed E-state index contributed by atoms with van der Waals surface area (Å²) in [4.78, 5) is 26.8. The zero-order valence-electron chi connectivity index (χ0n) is 16.6. The van der Waals surface area contributed by atoms with Crippen LogP contribution < -0.4 is 4.74 Å². The maximum Gasteiger partial charge on any atom is 0.303 e. The van der Waals surface area contributed by atoms with Crippen molar-refractivity contribution >= 4 is 11.9 Å². The number of carbonyl (C=O) groups excluding carboxylic acids is 2. The Hall–Kier alpha value is -3.12. The van der Waals surface area contributed by atoms with Crippen molar-refractivity contribution in [3.05, 3.63) is 77.4 Å². The van der Waals surface area contributed by atoms with E-state index in [0.29, 0.717) is 11.3 Å². The van der Waals surface area contributed by atoms with E-state index in [1.165, 1.54) is 6.92 Å². The summed E-state index contributed by atoms with van der Waals surface area (Å²) in [5.74, 6) is 0.152. The Bertz CT molecular complexity index is 953. The smallest absolute Gasteiger partial charge is 0.303 e. The molecule has 0 aliphatic carbocycles. The molecule has 2 aliphatic heterocycles. The van der Waals surface area contributed by atoms with Crippen LogP contribution in [0, 0.1) is 0 Å². The Morgan fingerprint density at radius 1 is 1.17 bits per heavy atom. The maximum atomic E-state index is 13.1. The van der Waals surface area contributed by atoms with Crippen LogP contribution in [0.1, 0.15) is 37.3 Å². The van der Waals surface area contributed by atoms with E-state index in [9.17, 15) is 9.59 Å². The fourth-order valence-corrected chi connectivity index (χ4v) is 4.15. The molecule has 3 atom stereocenters. The first kappa shape index (κ1) is 19.2. The van der Waals surface area contributed by atoms with Gasteiger partial charge in [0.15, 0.2) is 12.3 Å². The van der Waals surface area contributed by atoms with Gasteiger partial charge in [-0.05, 0) is 30.7 Å². The van der Waals surface area contributed by atoms with Gasteiger partial charge in [0.2, 0.25) is 0 Å². The minimum Gasteiger partial charge on any atom is -0.497 e. The summed E-state index contributed by atoms with van der Waals surface area (Å²) in [5.41, 5.74) is 1.34. The molecule has 1 fully saturated rings. The van der Waals surface area contributed by atoms with Crippen LogP contribution in [-0.2, 0) is 19.1 Å². The van der Waals surface area contributed by atoms with Gasteiger partial charge in [-0.15, -0.1) is 0 Å². The molecule has 0 unspecified atom stereocenters. The minimum atomic E-state index is -0.915. The van der Waals surface area contributed by atoms with Gasteiger partial charge < -0.3 is 14.2 Å². The number of benzene rings is 2. The van der Waals surface area contributed by atoms with E-state index in [1.54, 1.807) is 18.9 Å². The molecule has 0 bridgehead atoms. The lowest BCUT2D eigenvalue weighted by Gasteiger charge is -2.38. The van der Waals surface area contributed by atoms with Gasteiger partial charge >= 0.3 is 5.97 Å². The van der Waals surface area contributed by atoms with E-state index in [0.717, 1.165) is 11.1 Å². The lowest BCUT2D eigenvalue weighted by atomic mass is 9.87. The van der Waals surface area contributed by atoms with Crippen molar-refractivity contribution in [2.75, 3.05) is 13.7 Å². The highest BCUT2D eigenvalue weighted by atomic mass is 16.6. The van der Waals surface area contributed by atoms with E-state index < -0.39 is 23.8 Å². The van der Waals surface area contributed by atoms with E-state index in [-0.39, 0.29) is 12.5 Å². The van der Waals surface area contributed by atoms with Crippen LogP contribution in [0.3, 0.4) is 0 Å². The molecule has 2 aromatic rings. The summed E-state index contributed by atoms with van der Waals surface area (Å²) in [6, 6.07) is 16.9. The van der Waals surface area contributed by atoms with Gasteiger partial charge in [-0.2, -0.15) is 0 Å². The number of rotatable bonds is 5. The Kier molecular flexibility index (Phi) is 4.88. The molecule has 2 aromatic carbocycles. The normalized spacial score (nSPS) is 24.1. The van der Waals surface area contributed by atoms with Gasteiger partial charge in [0, 0.05) is 18.1 Å². The second-order valence-electron chi connectivity index (χ2n) is 7.33. The number of hydrogen-bond acceptors (Lipinski definition) is 5. The van der Waals surface area contributed by atoms with Crippen LogP contribution in [0.2, 0.25) is 0 Å². The SMILES string of the molecule is COc1ccc([C@H](OC(C)=O)[C@]23C=C(C)C(=O)N2[C@@H](c2ccccc2)OC3)cc1. The predicted octanol–water partition coefficient (Wildman–Crippen LogP) is 3.56. The lowest BCUT2D eigenvalue weighted by Crippen LogP contribution is -2.49. The predicted molar refractivity (Wildman–Crippen MR) is 106 cm³/mol. The van der Waals surface area contributed by atoms with Gasteiger partial charge in [0.05, 0.1) is 13.7 Å². The number of ether oxygens (including phenoxy) is 3. The summed E-state index contributed by atoms with van der Waals surface area (Å²) in [6.07, 6.45) is 0.616. The molecule has 29 heavy (non-hydrogen) atoms. The number of fused-ring (bicyclic) bond motifs is 1. The molecule has 1 amide bonds. The molecule has 150 valence electrons. The van der Waals surface area contributed by atoms with E-state index >= 15 is 0 Å². The van der Waals surface area contributed by atoms with Gasteiger partial charge in [0.25, 0.3) is 5.91 Å². The Labute approximate surface area is 169 Å². The van der Waals surface area contributed by atoms with Crippen LogP contribution >= 0.6 is 0 Å². The number of methoxy groups -OCH3 is 1. The third kappa shape index (κ3) is 3.19. The molecule has 0 saturated carbocycles. The van der Waals surface area contributed by atoms with Gasteiger partial charge in [-0.1, -0.05) is 42.5 Å². The van der Waals surface area contributed by atoms with Crippen molar-refractivity contribution in [2.24, 2.45) is 0 Å². The van der Waals surface area contributed by atoms with E-state index in [4.69, 9.17) is 14.2 Å². The minimum absolute atomic E-state index is 0.123. The highest BCUT2D eigenvalue weighted by molar-refractivity contribution is 5.97. The standard InChI is InChI=1S/C23H23NO5/c1-15-13-23(20(29-16(2)25)17-9-11-19(27-3)12-10-17)14-28-22(24(23)21(15)26)18-7-5-4-6-8-18/h4-13,20,22H,14H2,1-3H3/t20-,22+,23+/m0/s1. The quantitative estimate of drug-likeness (QED) is 0.727. The van der Waals surface area contributed by atoms with Crippen molar-refractivity contribution in [1.82, 2.24) is 4.90 Å². The number of hydrogen-bond donors (Lipinski definition) is 0. The van der Waals surface area contributed by atoms with E-state index in [2.05, 4.69) is 0 Å². The van der Waals surface area contributed by atoms with Crippen molar-refractivity contribution in [3.63, 3.8) is 0 Å². The first-order valence-corrected chi connectivity index (χ1v) is 9.47. The highest BCUT2D eigenvalue weighted by Gasteiger charge is 2.59. The van der Waals surface area contributed by atoms with Crippen LogP contribution in [0.25, 0.3) is 0 Å². The largest absolute Gasteiger partial charge is 0.497 e. The summed E-state index contributed by atoms with van der Waals surface area (Å²) in [7, 11) is 1.59. The van der Waals surface area contributed by atoms with Gasteiger partial charge in [-0.25, -0.2) is 0 Å². The average molecular weight is 393 g/mol. The maximum absolute atomic E-state index is 13.1. The second kappa shape index (κ2) is 7.37. The molecule has 6 heteroatoms. The van der Waals surface area contributed by atoms with Crippen LogP contribution in [0.4, 0.5) is 0 Å². The molecule has 2 aliphatic rings. The van der Waals surface area contributed by atoms with Crippen molar-refractivity contribution in [2.45, 2.75) is 31.7 Å². The number of nitrogens with zero attached hydrogens (tertiary/aromatic N) is 1. The fourth-order valence-electron chi connectivity index (χ4n) is 4.15. The Balaban J connectivity index is 1.80. The Morgan fingerprint density at radius 3 is 2.48 bits per heavy atom. The molecule has 0 spiro atoms. The summed E-state index contributed by atoms with van der Waals surface area (Å²) in [5, 5.41) is 0. The first-order valence-electron chi connectivity index (χ1n) is 9.47. The molecular weight excluding hydrogens is 370 g/mol. The van der Waals surface area contributed by atoms with Crippen LogP contribution in [0.5, 0.6) is 5.75 Å². The molecule has 6 nitrogen and oxygen atoms in total. The van der Waals surface area contributed by atoms with E-state index in [1.807, 2.05) is 60.7 Å². The number of esters is 1. The fraction of sp³-hybridized carbons (Fsp3) is 0.304. The van der Waals surface area contributed by atoms with Crippen LogP contribution in [0.15, 0.2) is 66.2 Å². The van der Waals surface area contributed by atoms with Gasteiger partial charge in [-0.3, -0.25) is 14.5 Å². The average Bonchev–Trinajstić information content (AvgIpc) is 3.22. The van der Waals surface area contributed by atoms with Gasteiger partial charge in [0.1, 0.15) is 11.3 Å². The number of amides is 1. The molecule has 1 saturated heterocycles. The van der Waals surface area contributed by atoms with Crippen molar-refractivity contribution in [3.8, 4) is 5.75 Å². The lowest BCUT2D eigenvalue weighted by molar-refractivity contribution is -0.156. The molecule has 0 radical (unpaired) electrons.